The molecule has 7 nitrogen and oxygen atoms in total. The quantitative estimate of drug-likeness (QED) is 0.301. The summed E-state index contributed by atoms with van der Waals surface area (Å²) < 4.78 is 16.4. The van der Waals surface area contributed by atoms with Crippen molar-refractivity contribution in [2.24, 2.45) is 0 Å². The van der Waals surface area contributed by atoms with Crippen LogP contribution in [-0.2, 0) is 9.53 Å². The molecule has 0 spiro atoms. The first-order valence-electron chi connectivity index (χ1n) is 10.5. The van der Waals surface area contributed by atoms with Crippen LogP contribution in [-0.4, -0.2) is 37.5 Å². The van der Waals surface area contributed by atoms with E-state index in [0.29, 0.717) is 42.4 Å². The summed E-state index contributed by atoms with van der Waals surface area (Å²) in [5.74, 6) is -0.0454. The molecule has 0 aliphatic heterocycles. The van der Waals surface area contributed by atoms with Crippen molar-refractivity contribution in [2.75, 3.05) is 25.1 Å². The molecule has 0 aliphatic carbocycles. The Hall–Kier alpha value is -3.35. The third-order valence-corrected chi connectivity index (χ3v) is 4.38. The van der Waals surface area contributed by atoms with Gasteiger partial charge in [0, 0.05) is 17.7 Å². The zero-order chi connectivity index (χ0) is 22.6. The lowest BCUT2D eigenvalue weighted by Gasteiger charge is -2.13. The maximum atomic E-state index is 12.4. The van der Waals surface area contributed by atoms with Crippen LogP contribution in [0.15, 0.2) is 42.5 Å². The van der Waals surface area contributed by atoms with Gasteiger partial charge in [0.2, 0.25) is 5.91 Å². The number of ketones is 1. The molecule has 1 amide bonds. The average molecular weight is 427 g/mol. The molecular weight excluding hydrogens is 398 g/mol. The SMILES string of the molecule is CCCCOc1ccc(C(=O)OCC(=O)c2ccc(NC(=O)CC)cc2)cc1OCC. The Morgan fingerprint density at radius 1 is 0.871 bits per heavy atom. The van der Waals surface area contributed by atoms with Gasteiger partial charge in [-0.2, -0.15) is 0 Å². The highest BCUT2D eigenvalue weighted by Gasteiger charge is 2.15. The number of ether oxygens (including phenoxy) is 3. The highest BCUT2D eigenvalue weighted by atomic mass is 16.5. The van der Waals surface area contributed by atoms with Crippen molar-refractivity contribution < 1.29 is 28.6 Å². The Morgan fingerprint density at radius 3 is 2.23 bits per heavy atom. The number of unbranched alkanes of at least 4 members (excludes halogenated alkanes) is 1. The second kappa shape index (κ2) is 12.4. The second-order valence-electron chi connectivity index (χ2n) is 6.77. The molecule has 0 aromatic heterocycles. The van der Waals surface area contributed by atoms with E-state index in [0.717, 1.165) is 12.8 Å². The summed E-state index contributed by atoms with van der Waals surface area (Å²) in [5, 5.41) is 2.71. The number of Topliss-reactive ketones (excluding diaryl/α,β-unsaturated/α-hetero) is 1. The number of carbonyl (C=O) groups is 3. The molecule has 0 unspecified atom stereocenters. The molecule has 0 saturated heterocycles. The largest absolute Gasteiger partial charge is 0.490 e. The van der Waals surface area contributed by atoms with Gasteiger partial charge in [0.25, 0.3) is 0 Å². The van der Waals surface area contributed by atoms with Crippen molar-refractivity contribution >= 4 is 23.3 Å². The Bertz CT molecular complexity index is 891. The number of rotatable bonds is 12. The van der Waals surface area contributed by atoms with Crippen LogP contribution >= 0.6 is 0 Å². The number of benzene rings is 2. The summed E-state index contributed by atoms with van der Waals surface area (Å²) in [6.45, 7) is 6.28. The minimum absolute atomic E-state index is 0.110. The van der Waals surface area contributed by atoms with Gasteiger partial charge in [-0.25, -0.2) is 4.79 Å². The van der Waals surface area contributed by atoms with E-state index in [1.165, 1.54) is 0 Å². The maximum absolute atomic E-state index is 12.4. The summed E-state index contributed by atoms with van der Waals surface area (Å²) in [7, 11) is 0. The van der Waals surface area contributed by atoms with Crippen LogP contribution in [0.1, 0.15) is 60.7 Å². The number of carbonyl (C=O) groups excluding carboxylic acids is 3. The molecule has 0 fully saturated rings. The molecule has 2 aromatic rings. The molecule has 0 radical (unpaired) electrons. The fourth-order valence-corrected chi connectivity index (χ4v) is 2.64. The van der Waals surface area contributed by atoms with Crippen molar-refractivity contribution in [2.45, 2.75) is 40.0 Å². The van der Waals surface area contributed by atoms with Gasteiger partial charge in [-0.05, 0) is 55.8 Å². The number of hydrogen-bond acceptors (Lipinski definition) is 6. The lowest BCUT2D eigenvalue weighted by molar-refractivity contribution is -0.115. The van der Waals surface area contributed by atoms with Gasteiger partial charge in [0.05, 0.1) is 18.8 Å². The lowest BCUT2D eigenvalue weighted by Crippen LogP contribution is -2.15. The normalized spacial score (nSPS) is 10.3. The highest BCUT2D eigenvalue weighted by Crippen LogP contribution is 2.29. The Morgan fingerprint density at radius 2 is 1.58 bits per heavy atom. The Labute approximate surface area is 182 Å². The third kappa shape index (κ3) is 7.44. The second-order valence-corrected chi connectivity index (χ2v) is 6.77. The first kappa shape index (κ1) is 23.9. The third-order valence-electron chi connectivity index (χ3n) is 4.38. The standard InChI is InChI=1S/C24H29NO6/c1-4-7-14-30-21-13-10-18(15-22(21)29-6-3)24(28)31-16-20(26)17-8-11-19(12-9-17)25-23(27)5-2/h8-13,15H,4-7,14,16H2,1-3H3,(H,25,27). The van der Waals surface area contributed by atoms with Gasteiger partial charge in [-0.15, -0.1) is 0 Å². The van der Waals surface area contributed by atoms with Crippen LogP contribution in [0.5, 0.6) is 11.5 Å². The average Bonchev–Trinajstić information content (AvgIpc) is 2.78. The number of hydrogen-bond donors (Lipinski definition) is 1. The molecule has 0 aliphatic rings. The van der Waals surface area contributed by atoms with Gasteiger partial charge < -0.3 is 19.5 Å². The molecule has 7 heteroatoms. The van der Waals surface area contributed by atoms with E-state index in [9.17, 15) is 14.4 Å². The van der Waals surface area contributed by atoms with Crippen molar-refractivity contribution in [1.82, 2.24) is 0 Å². The highest BCUT2D eigenvalue weighted by molar-refractivity contribution is 6.00. The van der Waals surface area contributed by atoms with Gasteiger partial charge >= 0.3 is 5.97 Å². The van der Waals surface area contributed by atoms with E-state index in [4.69, 9.17) is 14.2 Å². The van der Waals surface area contributed by atoms with Crippen molar-refractivity contribution in [3.63, 3.8) is 0 Å². The predicted molar refractivity (Wildman–Crippen MR) is 118 cm³/mol. The van der Waals surface area contributed by atoms with Gasteiger partial charge in [-0.3, -0.25) is 9.59 Å². The van der Waals surface area contributed by atoms with E-state index in [1.807, 2.05) is 6.92 Å². The topological polar surface area (TPSA) is 90.9 Å². The summed E-state index contributed by atoms with van der Waals surface area (Å²) >= 11 is 0. The zero-order valence-electron chi connectivity index (χ0n) is 18.2. The summed E-state index contributed by atoms with van der Waals surface area (Å²) in [5.41, 5.74) is 1.26. The minimum Gasteiger partial charge on any atom is -0.490 e. The van der Waals surface area contributed by atoms with Crippen LogP contribution in [0, 0.1) is 0 Å². The predicted octanol–water partition coefficient (Wildman–Crippen LogP) is 4.65. The fraction of sp³-hybridized carbons (Fsp3) is 0.375. The van der Waals surface area contributed by atoms with Gasteiger partial charge in [0.1, 0.15) is 0 Å². The molecule has 2 rings (SSSR count). The molecule has 2 aromatic carbocycles. The van der Waals surface area contributed by atoms with Crippen LogP contribution in [0.3, 0.4) is 0 Å². The van der Waals surface area contributed by atoms with E-state index in [1.54, 1.807) is 49.4 Å². The number of anilines is 1. The molecule has 1 N–H and O–H groups in total. The first-order valence-corrected chi connectivity index (χ1v) is 10.5. The summed E-state index contributed by atoms with van der Waals surface area (Å²) in [6.07, 6.45) is 2.30. The van der Waals surface area contributed by atoms with E-state index in [2.05, 4.69) is 12.2 Å². The van der Waals surface area contributed by atoms with Crippen molar-refractivity contribution in [1.29, 1.82) is 0 Å². The molecule has 0 bridgehead atoms. The molecule has 166 valence electrons. The fourth-order valence-electron chi connectivity index (χ4n) is 2.64. The molecule has 31 heavy (non-hydrogen) atoms. The van der Waals surface area contributed by atoms with Crippen molar-refractivity contribution in [3.8, 4) is 11.5 Å². The Balaban J connectivity index is 1.97. The van der Waals surface area contributed by atoms with E-state index >= 15 is 0 Å². The maximum Gasteiger partial charge on any atom is 0.338 e. The Kier molecular flexibility index (Phi) is 9.55. The number of nitrogens with one attached hydrogen (secondary N) is 1. The van der Waals surface area contributed by atoms with Crippen LogP contribution < -0.4 is 14.8 Å². The summed E-state index contributed by atoms with van der Waals surface area (Å²) in [6, 6.07) is 11.2. The molecule has 0 heterocycles. The van der Waals surface area contributed by atoms with Crippen LogP contribution in [0.4, 0.5) is 5.69 Å². The van der Waals surface area contributed by atoms with Crippen LogP contribution in [0.25, 0.3) is 0 Å². The molecule has 0 saturated carbocycles. The number of amides is 1. The zero-order valence-corrected chi connectivity index (χ0v) is 18.2. The monoisotopic (exact) mass is 427 g/mol. The van der Waals surface area contributed by atoms with Crippen molar-refractivity contribution in [3.05, 3.63) is 53.6 Å². The molecular formula is C24H29NO6. The summed E-state index contributed by atoms with van der Waals surface area (Å²) in [4.78, 5) is 36.1. The van der Waals surface area contributed by atoms with E-state index in [-0.39, 0.29) is 17.3 Å². The minimum atomic E-state index is -0.624. The van der Waals surface area contributed by atoms with Gasteiger partial charge in [-0.1, -0.05) is 20.3 Å². The van der Waals surface area contributed by atoms with Crippen LogP contribution in [0.2, 0.25) is 0 Å². The molecule has 0 atom stereocenters. The smallest absolute Gasteiger partial charge is 0.338 e. The lowest BCUT2D eigenvalue weighted by atomic mass is 10.1. The van der Waals surface area contributed by atoms with Gasteiger partial charge in [0.15, 0.2) is 23.9 Å². The first-order chi connectivity index (χ1) is 15.0. The van der Waals surface area contributed by atoms with E-state index < -0.39 is 12.6 Å². The number of esters is 1.